The predicted octanol–water partition coefficient (Wildman–Crippen LogP) is 1.98. The third-order valence-electron chi connectivity index (χ3n) is 4.86. The SMILES string of the molecule is CCc1ccc(NC(=O)C[C@@H]2N[C@H]3CCCC[C@@H]3NC2=O)cc1. The molecule has 3 atom stereocenters. The zero-order valence-corrected chi connectivity index (χ0v) is 13.6. The Kier molecular flexibility index (Phi) is 4.96. The maximum absolute atomic E-state index is 12.2. The zero-order valence-electron chi connectivity index (χ0n) is 13.6. The van der Waals surface area contributed by atoms with Gasteiger partial charge in [0.2, 0.25) is 11.8 Å². The van der Waals surface area contributed by atoms with E-state index in [0.717, 1.165) is 24.9 Å². The van der Waals surface area contributed by atoms with E-state index in [4.69, 9.17) is 0 Å². The van der Waals surface area contributed by atoms with Crippen LogP contribution in [0.25, 0.3) is 0 Å². The largest absolute Gasteiger partial charge is 0.350 e. The number of anilines is 1. The van der Waals surface area contributed by atoms with Crippen LogP contribution in [-0.4, -0.2) is 29.9 Å². The summed E-state index contributed by atoms with van der Waals surface area (Å²) >= 11 is 0. The van der Waals surface area contributed by atoms with Crippen molar-refractivity contribution >= 4 is 17.5 Å². The Bertz CT molecular complexity index is 570. The number of hydrogen-bond donors (Lipinski definition) is 3. The Balaban J connectivity index is 1.55. The number of carbonyl (C=O) groups excluding carboxylic acids is 2. The van der Waals surface area contributed by atoms with Crippen LogP contribution in [0.5, 0.6) is 0 Å². The second-order valence-corrected chi connectivity index (χ2v) is 6.53. The first-order valence-corrected chi connectivity index (χ1v) is 8.61. The highest BCUT2D eigenvalue weighted by Gasteiger charge is 2.36. The third kappa shape index (κ3) is 3.91. The molecule has 0 unspecified atom stereocenters. The average Bonchev–Trinajstić information content (AvgIpc) is 2.56. The van der Waals surface area contributed by atoms with E-state index in [1.54, 1.807) is 0 Å². The maximum atomic E-state index is 12.2. The lowest BCUT2D eigenvalue weighted by Gasteiger charge is -2.40. The molecular weight excluding hydrogens is 290 g/mol. The average molecular weight is 315 g/mol. The lowest BCUT2D eigenvalue weighted by Crippen LogP contribution is -2.65. The number of fused-ring (bicyclic) bond motifs is 1. The van der Waals surface area contributed by atoms with E-state index in [1.807, 2.05) is 24.3 Å². The molecule has 1 saturated carbocycles. The summed E-state index contributed by atoms with van der Waals surface area (Å²) < 4.78 is 0. The number of carbonyl (C=O) groups is 2. The van der Waals surface area contributed by atoms with Gasteiger partial charge in [0.1, 0.15) is 0 Å². The Morgan fingerprint density at radius 2 is 1.87 bits per heavy atom. The van der Waals surface area contributed by atoms with Gasteiger partial charge in [-0.3, -0.25) is 9.59 Å². The van der Waals surface area contributed by atoms with Crippen LogP contribution in [0.1, 0.15) is 44.6 Å². The topological polar surface area (TPSA) is 70.2 Å². The normalized spacial score (nSPS) is 27.0. The van der Waals surface area contributed by atoms with Gasteiger partial charge < -0.3 is 16.0 Å². The van der Waals surface area contributed by atoms with E-state index in [9.17, 15) is 9.59 Å². The molecule has 1 aliphatic carbocycles. The lowest BCUT2D eigenvalue weighted by molar-refractivity contribution is -0.129. The molecule has 1 aromatic rings. The standard InChI is InChI=1S/C18H25N3O2/c1-2-12-7-9-13(10-8-12)19-17(22)11-16-18(23)21-15-6-4-3-5-14(15)20-16/h7-10,14-16,20H,2-6,11H2,1H3,(H,19,22)(H,21,23)/t14-,15-,16-/m0/s1. The molecule has 124 valence electrons. The fourth-order valence-electron chi connectivity index (χ4n) is 3.49. The van der Waals surface area contributed by atoms with Crippen molar-refractivity contribution in [2.24, 2.45) is 0 Å². The molecule has 0 spiro atoms. The quantitative estimate of drug-likeness (QED) is 0.795. The van der Waals surface area contributed by atoms with E-state index in [2.05, 4.69) is 22.9 Å². The van der Waals surface area contributed by atoms with Crippen LogP contribution in [0, 0.1) is 0 Å². The van der Waals surface area contributed by atoms with Crippen molar-refractivity contribution in [2.75, 3.05) is 5.32 Å². The van der Waals surface area contributed by atoms with E-state index >= 15 is 0 Å². The monoisotopic (exact) mass is 315 g/mol. The first-order valence-electron chi connectivity index (χ1n) is 8.61. The van der Waals surface area contributed by atoms with E-state index in [0.29, 0.717) is 6.04 Å². The van der Waals surface area contributed by atoms with Crippen LogP contribution in [0.4, 0.5) is 5.69 Å². The molecule has 3 rings (SSSR count). The van der Waals surface area contributed by atoms with Gasteiger partial charge >= 0.3 is 0 Å². The number of hydrogen-bond acceptors (Lipinski definition) is 3. The minimum Gasteiger partial charge on any atom is -0.350 e. The number of benzene rings is 1. The van der Waals surface area contributed by atoms with E-state index in [1.165, 1.54) is 18.4 Å². The van der Waals surface area contributed by atoms with Crippen molar-refractivity contribution in [2.45, 2.75) is 63.6 Å². The number of aryl methyl sites for hydroxylation is 1. The van der Waals surface area contributed by atoms with Crippen molar-refractivity contribution < 1.29 is 9.59 Å². The maximum Gasteiger partial charge on any atom is 0.237 e. The lowest BCUT2D eigenvalue weighted by atomic mass is 9.87. The molecule has 3 N–H and O–H groups in total. The molecule has 2 amide bonds. The first kappa shape index (κ1) is 16.0. The van der Waals surface area contributed by atoms with Crippen molar-refractivity contribution in [3.8, 4) is 0 Å². The number of rotatable bonds is 4. The Hall–Kier alpha value is -1.88. The molecule has 0 aromatic heterocycles. The molecule has 1 aromatic carbocycles. The van der Waals surface area contributed by atoms with Gasteiger partial charge in [0.05, 0.1) is 12.5 Å². The van der Waals surface area contributed by atoms with Crippen molar-refractivity contribution in [1.29, 1.82) is 0 Å². The summed E-state index contributed by atoms with van der Waals surface area (Å²) in [5, 5.41) is 9.31. The Morgan fingerprint density at radius 1 is 1.17 bits per heavy atom. The molecule has 1 aliphatic heterocycles. The highest BCUT2D eigenvalue weighted by atomic mass is 16.2. The second-order valence-electron chi connectivity index (χ2n) is 6.53. The summed E-state index contributed by atoms with van der Waals surface area (Å²) in [7, 11) is 0. The van der Waals surface area contributed by atoms with Gasteiger partial charge in [0, 0.05) is 17.8 Å². The minimum absolute atomic E-state index is 0.0513. The van der Waals surface area contributed by atoms with Gasteiger partial charge in [0.25, 0.3) is 0 Å². The summed E-state index contributed by atoms with van der Waals surface area (Å²) in [4.78, 5) is 24.4. The third-order valence-corrected chi connectivity index (χ3v) is 4.86. The van der Waals surface area contributed by atoms with E-state index < -0.39 is 6.04 Å². The van der Waals surface area contributed by atoms with Gasteiger partial charge in [-0.2, -0.15) is 0 Å². The fourth-order valence-corrected chi connectivity index (χ4v) is 3.49. The van der Waals surface area contributed by atoms with Crippen LogP contribution in [0.15, 0.2) is 24.3 Å². The number of amides is 2. The molecule has 0 bridgehead atoms. The van der Waals surface area contributed by atoms with Crippen LogP contribution < -0.4 is 16.0 Å². The minimum atomic E-state index is -0.427. The van der Waals surface area contributed by atoms with Gasteiger partial charge in [-0.05, 0) is 37.0 Å². The Morgan fingerprint density at radius 3 is 2.57 bits per heavy atom. The second kappa shape index (κ2) is 7.13. The highest BCUT2D eigenvalue weighted by Crippen LogP contribution is 2.22. The fraction of sp³-hybridized carbons (Fsp3) is 0.556. The summed E-state index contributed by atoms with van der Waals surface area (Å²) in [5.41, 5.74) is 2.01. The molecular formula is C18H25N3O2. The molecule has 0 radical (unpaired) electrons. The van der Waals surface area contributed by atoms with E-state index in [-0.39, 0.29) is 24.3 Å². The molecule has 2 fully saturated rings. The summed E-state index contributed by atoms with van der Waals surface area (Å²) in [6.07, 6.45) is 5.61. The smallest absolute Gasteiger partial charge is 0.237 e. The summed E-state index contributed by atoms with van der Waals surface area (Å²) in [6, 6.07) is 7.94. The summed E-state index contributed by atoms with van der Waals surface area (Å²) in [6.45, 7) is 2.10. The predicted molar refractivity (Wildman–Crippen MR) is 90.2 cm³/mol. The molecule has 1 heterocycles. The van der Waals surface area contributed by atoms with Crippen molar-refractivity contribution in [3.05, 3.63) is 29.8 Å². The van der Waals surface area contributed by atoms with Gasteiger partial charge in [-0.1, -0.05) is 31.9 Å². The number of nitrogens with one attached hydrogen (secondary N) is 3. The molecule has 23 heavy (non-hydrogen) atoms. The molecule has 1 saturated heterocycles. The van der Waals surface area contributed by atoms with Crippen molar-refractivity contribution in [1.82, 2.24) is 10.6 Å². The molecule has 5 nitrogen and oxygen atoms in total. The van der Waals surface area contributed by atoms with Crippen LogP contribution in [-0.2, 0) is 16.0 Å². The molecule has 2 aliphatic rings. The van der Waals surface area contributed by atoms with Crippen LogP contribution >= 0.6 is 0 Å². The van der Waals surface area contributed by atoms with Gasteiger partial charge in [0.15, 0.2) is 0 Å². The van der Waals surface area contributed by atoms with Crippen molar-refractivity contribution in [3.63, 3.8) is 0 Å². The van der Waals surface area contributed by atoms with Gasteiger partial charge in [-0.25, -0.2) is 0 Å². The first-order chi connectivity index (χ1) is 11.2. The summed E-state index contributed by atoms with van der Waals surface area (Å²) in [5.74, 6) is -0.180. The van der Waals surface area contributed by atoms with Gasteiger partial charge in [-0.15, -0.1) is 0 Å². The van der Waals surface area contributed by atoms with Crippen LogP contribution in [0.3, 0.4) is 0 Å². The van der Waals surface area contributed by atoms with Crippen LogP contribution in [0.2, 0.25) is 0 Å². The highest BCUT2D eigenvalue weighted by molar-refractivity contribution is 5.95. The Labute approximate surface area is 137 Å². The zero-order chi connectivity index (χ0) is 16.2. The molecule has 5 heteroatoms. The number of piperazine rings is 1.